The highest BCUT2D eigenvalue weighted by atomic mass is 16.5. The number of nitrogens with one attached hydrogen (secondary N) is 2. The van der Waals surface area contributed by atoms with Crippen molar-refractivity contribution in [3.05, 3.63) is 23.8 Å². The van der Waals surface area contributed by atoms with Crippen LogP contribution in [-0.2, 0) is 9.53 Å². The minimum Gasteiger partial charge on any atom is -0.453 e. The highest BCUT2D eigenvalue weighted by molar-refractivity contribution is 5.98. The molecule has 0 spiro atoms. The third kappa shape index (κ3) is 6.69. The Morgan fingerprint density at radius 2 is 1.67 bits per heavy atom. The lowest BCUT2D eigenvalue weighted by Gasteiger charge is -2.29. The van der Waals surface area contributed by atoms with E-state index in [1.165, 1.54) is 13.5 Å². The summed E-state index contributed by atoms with van der Waals surface area (Å²) in [5.41, 5.74) is 7.84. The molecule has 36 heavy (non-hydrogen) atoms. The van der Waals surface area contributed by atoms with Crippen molar-refractivity contribution in [3.63, 3.8) is 0 Å². The van der Waals surface area contributed by atoms with Gasteiger partial charge >= 0.3 is 6.09 Å². The molecule has 1 aromatic rings. The molecule has 3 amide bonds. The largest absolute Gasteiger partial charge is 0.453 e. The molecule has 0 aromatic heterocycles. The minimum atomic E-state index is -0.584. The number of hydrogen-bond donors (Lipinski definition) is 3. The number of rotatable bonds is 5. The van der Waals surface area contributed by atoms with Crippen molar-refractivity contribution < 1.29 is 19.1 Å². The summed E-state index contributed by atoms with van der Waals surface area (Å²) in [6.07, 6.45) is 9.37. The molecule has 0 bridgehead atoms. The van der Waals surface area contributed by atoms with Crippen LogP contribution in [0.15, 0.2) is 18.2 Å². The van der Waals surface area contributed by atoms with Crippen molar-refractivity contribution in [2.75, 3.05) is 43.5 Å². The molecule has 198 valence electrons. The first-order valence-corrected chi connectivity index (χ1v) is 13.5. The molecule has 9 heteroatoms. The van der Waals surface area contributed by atoms with Crippen LogP contribution in [0.1, 0.15) is 74.6 Å². The van der Waals surface area contributed by atoms with Gasteiger partial charge < -0.3 is 25.6 Å². The summed E-state index contributed by atoms with van der Waals surface area (Å²) in [7, 11) is 1.32. The van der Waals surface area contributed by atoms with Crippen LogP contribution in [0.25, 0.3) is 0 Å². The normalized spacial score (nSPS) is 23.5. The van der Waals surface area contributed by atoms with E-state index in [2.05, 4.69) is 15.5 Å². The Hall–Kier alpha value is -2.81. The Labute approximate surface area is 214 Å². The molecule has 3 aliphatic rings. The molecule has 0 unspecified atom stereocenters. The Bertz CT molecular complexity index is 925. The van der Waals surface area contributed by atoms with E-state index in [1.807, 2.05) is 11.0 Å². The monoisotopic (exact) mass is 499 g/mol. The molecule has 0 radical (unpaired) electrons. The summed E-state index contributed by atoms with van der Waals surface area (Å²) in [6, 6.07) is 5.74. The number of carbonyl (C=O) groups excluding carboxylic acids is 3. The van der Waals surface area contributed by atoms with Gasteiger partial charge in [-0.1, -0.05) is 19.3 Å². The second-order valence-electron chi connectivity index (χ2n) is 10.4. The van der Waals surface area contributed by atoms with Crippen molar-refractivity contribution in [3.8, 4) is 0 Å². The number of nitrogens with zero attached hydrogens (tertiary/aromatic N) is 2. The van der Waals surface area contributed by atoms with Crippen molar-refractivity contribution in [1.82, 2.24) is 10.2 Å². The van der Waals surface area contributed by atoms with Crippen LogP contribution in [0.3, 0.4) is 0 Å². The summed E-state index contributed by atoms with van der Waals surface area (Å²) < 4.78 is 4.83. The quantitative estimate of drug-likeness (QED) is 0.571. The van der Waals surface area contributed by atoms with Gasteiger partial charge in [-0.2, -0.15) is 0 Å². The maximum atomic E-state index is 13.1. The summed E-state index contributed by atoms with van der Waals surface area (Å²) in [5.74, 6) is 0.301. The zero-order valence-corrected chi connectivity index (χ0v) is 21.5. The third-order valence-corrected chi connectivity index (χ3v) is 7.89. The van der Waals surface area contributed by atoms with E-state index < -0.39 is 6.09 Å². The van der Waals surface area contributed by atoms with Crippen LogP contribution >= 0.6 is 0 Å². The van der Waals surface area contributed by atoms with Crippen molar-refractivity contribution in [2.45, 2.75) is 76.3 Å². The first-order valence-electron chi connectivity index (χ1n) is 13.5. The fourth-order valence-electron chi connectivity index (χ4n) is 5.73. The van der Waals surface area contributed by atoms with Gasteiger partial charge in [-0.05, 0) is 63.1 Å². The van der Waals surface area contributed by atoms with Crippen LogP contribution < -0.4 is 21.3 Å². The number of amides is 3. The van der Waals surface area contributed by atoms with Gasteiger partial charge in [-0.25, -0.2) is 4.79 Å². The Morgan fingerprint density at radius 1 is 0.917 bits per heavy atom. The molecule has 1 saturated heterocycles. The zero-order valence-electron chi connectivity index (χ0n) is 21.5. The Balaban J connectivity index is 1.45. The number of methoxy groups -OCH3 is 1. The number of ether oxygens (including phenoxy) is 1. The summed E-state index contributed by atoms with van der Waals surface area (Å²) in [5, 5.41) is 5.90. The van der Waals surface area contributed by atoms with E-state index >= 15 is 0 Å². The van der Waals surface area contributed by atoms with Crippen molar-refractivity contribution in [2.24, 2.45) is 11.7 Å². The molecule has 4 N–H and O–H groups in total. The van der Waals surface area contributed by atoms with Crippen LogP contribution in [0.2, 0.25) is 0 Å². The summed E-state index contributed by atoms with van der Waals surface area (Å²) in [6.45, 7) is 2.83. The molecule has 1 heterocycles. The van der Waals surface area contributed by atoms with Gasteiger partial charge in [0.25, 0.3) is 5.91 Å². The molecule has 2 saturated carbocycles. The van der Waals surface area contributed by atoms with Crippen LogP contribution in [0.5, 0.6) is 0 Å². The van der Waals surface area contributed by atoms with Crippen molar-refractivity contribution in [1.29, 1.82) is 0 Å². The van der Waals surface area contributed by atoms with Gasteiger partial charge in [0.15, 0.2) is 0 Å². The molecule has 2 aliphatic carbocycles. The third-order valence-electron chi connectivity index (χ3n) is 7.89. The number of benzene rings is 1. The van der Waals surface area contributed by atoms with Gasteiger partial charge in [0.05, 0.1) is 18.5 Å². The number of anilines is 2. The van der Waals surface area contributed by atoms with Gasteiger partial charge in [0, 0.05) is 49.7 Å². The molecular weight excluding hydrogens is 458 g/mol. The average molecular weight is 500 g/mol. The van der Waals surface area contributed by atoms with E-state index in [4.69, 9.17) is 10.5 Å². The molecule has 0 atom stereocenters. The fourth-order valence-corrected chi connectivity index (χ4v) is 5.73. The first kappa shape index (κ1) is 26.3. The van der Waals surface area contributed by atoms with Crippen LogP contribution in [0.4, 0.5) is 16.2 Å². The van der Waals surface area contributed by atoms with Gasteiger partial charge in [0.1, 0.15) is 0 Å². The van der Waals surface area contributed by atoms with Gasteiger partial charge in [-0.3, -0.25) is 14.9 Å². The zero-order chi connectivity index (χ0) is 25.5. The first-order chi connectivity index (χ1) is 17.4. The Kier molecular flexibility index (Phi) is 9.07. The van der Waals surface area contributed by atoms with E-state index in [0.717, 1.165) is 76.6 Å². The standard InChI is InChI=1S/C27H41N5O4/c1-36-27(35)30-23-18-20(25(33)29-22-11-9-21(28)10-12-22)8-13-24(23)31-14-5-15-32(17-16-31)26(34)19-6-3-2-4-7-19/h8,13,18-19,21-22H,2-7,9-12,14-17,28H2,1H3,(H,29,33)(H,30,35). The van der Waals surface area contributed by atoms with Gasteiger partial charge in [-0.15, -0.1) is 0 Å². The molecule has 1 aromatic carbocycles. The maximum absolute atomic E-state index is 13.1. The average Bonchev–Trinajstić information content (AvgIpc) is 3.16. The maximum Gasteiger partial charge on any atom is 0.411 e. The second-order valence-corrected chi connectivity index (χ2v) is 10.4. The highest BCUT2D eigenvalue weighted by Crippen LogP contribution is 2.30. The minimum absolute atomic E-state index is 0.118. The molecule has 3 fully saturated rings. The predicted octanol–water partition coefficient (Wildman–Crippen LogP) is 3.48. The smallest absolute Gasteiger partial charge is 0.411 e. The van der Waals surface area contributed by atoms with Gasteiger partial charge in [0.2, 0.25) is 5.91 Å². The SMILES string of the molecule is COC(=O)Nc1cc(C(=O)NC2CCC(N)CC2)ccc1N1CCCN(C(=O)C2CCCCC2)CC1. The van der Waals surface area contributed by atoms with E-state index in [9.17, 15) is 14.4 Å². The number of carbonyl (C=O) groups is 3. The number of nitrogens with two attached hydrogens (primary N) is 1. The van der Waals surface area contributed by atoms with Crippen LogP contribution in [0, 0.1) is 5.92 Å². The lowest BCUT2D eigenvalue weighted by molar-refractivity contribution is -0.136. The van der Waals surface area contributed by atoms with E-state index in [0.29, 0.717) is 30.2 Å². The van der Waals surface area contributed by atoms with Crippen LogP contribution in [-0.4, -0.2) is 68.2 Å². The van der Waals surface area contributed by atoms with E-state index in [1.54, 1.807) is 12.1 Å². The predicted molar refractivity (Wildman–Crippen MR) is 140 cm³/mol. The summed E-state index contributed by atoms with van der Waals surface area (Å²) in [4.78, 5) is 42.4. The number of hydrogen-bond acceptors (Lipinski definition) is 6. The fraction of sp³-hybridized carbons (Fsp3) is 0.667. The molecule has 1 aliphatic heterocycles. The molecule has 9 nitrogen and oxygen atoms in total. The highest BCUT2D eigenvalue weighted by Gasteiger charge is 2.28. The van der Waals surface area contributed by atoms with Crippen molar-refractivity contribution >= 4 is 29.3 Å². The molecule has 4 rings (SSSR count). The summed E-state index contributed by atoms with van der Waals surface area (Å²) >= 11 is 0. The molecular formula is C27H41N5O4. The topological polar surface area (TPSA) is 117 Å². The lowest BCUT2D eigenvalue weighted by atomic mass is 9.88. The van der Waals surface area contributed by atoms with E-state index in [-0.39, 0.29) is 23.9 Å². The Morgan fingerprint density at radius 3 is 2.39 bits per heavy atom. The second kappa shape index (κ2) is 12.4. The lowest BCUT2D eigenvalue weighted by Crippen LogP contribution is -2.40.